The number of sulfone groups is 1. The number of ether oxygens (including phenoxy) is 1. The standard InChI is InChI=1S/C24H17ClF3NO3S/c1-14-11-19(18-7-4-8-21(23(18)29-14)24(26,27)28)20-13-16(9-10-22(20)25)32-15-5-3-6-17(12-15)33(2,30)31/h3-13H,1-2H3. The molecule has 0 unspecified atom stereocenters. The first kappa shape index (κ1) is 23.1. The Morgan fingerprint density at radius 3 is 2.30 bits per heavy atom. The number of rotatable bonds is 4. The van der Waals surface area contributed by atoms with Gasteiger partial charge in [0, 0.05) is 27.9 Å². The maximum atomic E-state index is 13.6. The topological polar surface area (TPSA) is 56.3 Å². The molecule has 0 atom stereocenters. The Kier molecular flexibility index (Phi) is 5.84. The van der Waals surface area contributed by atoms with Crippen molar-refractivity contribution in [3.05, 3.63) is 83.0 Å². The van der Waals surface area contributed by atoms with E-state index in [2.05, 4.69) is 4.98 Å². The molecule has 1 aromatic heterocycles. The van der Waals surface area contributed by atoms with Crippen LogP contribution in [0.2, 0.25) is 5.02 Å². The molecule has 0 amide bonds. The molecule has 0 aliphatic carbocycles. The summed E-state index contributed by atoms with van der Waals surface area (Å²) in [6, 6.07) is 16.3. The number of nitrogens with zero attached hydrogens (tertiary/aromatic N) is 1. The number of aryl methyl sites for hydroxylation is 1. The molecule has 0 saturated carbocycles. The number of halogens is 4. The van der Waals surface area contributed by atoms with Crippen LogP contribution in [0.4, 0.5) is 13.2 Å². The zero-order valence-electron chi connectivity index (χ0n) is 17.4. The van der Waals surface area contributed by atoms with Crippen LogP contribution in [-0.2, 0) is 16.0 Å². The lowest BCUT2D eigenvalue weighted by Crippen LogP contribution is -2.07. The number of hydrogen-bond acceptors (Lipinski definition) is 4. The molecule has 0 saturated heterocycles. The van der Waals surface area contributed by atoms with E-state index in [9.17, 15) is 21.6 Å². The molecule has 0 N–H and O–H groups in total. The molecule has 0 spiro atoms. The van der Waals surface area contributed by atoms with Crippen molar-refractivity contribution < 1.29 is 26.3 Å². The van der Waals surface area contributed by atoms with Gasteiger partial charge in [0.25, 0.3) is 0 Å². The van der Waals surface area contributed by atoms with E-state index in [1.54, 1.807) is 49.4 Å². The first-order valence-corrected chi connectivity index (χ1v) is 12.0. The normalized spacial score (nSPS) is 12.2. The molecule has 0 fully saturated rings. The summed E-state index contributed by atoms with van der Waals surface area (Å²) in [5.41, 5.74) is 0.346. The molecule has 0 bridgehead atoms. The average molecular weight is 492 g/mol. The number of benzene rings is 3. The second-order valence-corrected chi connectivity index (χ2v) is 9.92. The maximum absolute atomic E-state index is 13.6. The largest absolute Gasteiger partial charge is 0.457 e. The van der Waals surface area contributed by atoms with Crippen LogP contribution in [0.1, 0.15) is 11.3 Å². The minimum Gasteiger partial charge on any atom is -0.457 e. The van der Waals surface area contributed by atoms with E-state index in [1.807, 2.05) is 0 Å². The highest BCUT2D eigenvalue weighted by Crippen LogP contribution is 2.40. The van der Waals surface area contributed by atoms with Crippen LogP contribution in [0, 0.1) is 6.92 Å². The van der Waals surface area contributed by atoms with Gasteiger partial charge < -0.3 is 4.74 Å². The van der Waals surface area contributed by atoms with Crippen molar-refractivity contribution in [2.24, 2.45) is 0 Å². The van der Waals surface area contributed by atoms with Gasteiger partial charge in [-0.1, -0.05) is 29.8 Å². The lowest BCUT2D eigenvalue weighted by Gasteiger charge is -2.15. The van der Waals surface area contributed by atoms with Crippen molar-refractivity contribution >= 4 is 32.3 Å². The minimum atomic E-state index is -4.56. The smallest absolute Gasteiger partial charge is 0.418 e. The van der Waals surface area contributed by atoms with E-state index in [-0.39, 0.29) is 10.4 Å². The van der Waals surface area contributed by atoms with Crippen LogP contribution < -0.4 is 4.74 Å². The summed E-state index contributed by atoms with van der Waals surface area (Å²) >= 11 is 6.42. The fourth-order valence-electron chi connectivity index (χ4n) is 3.51. The minimum absolute atomic E-state index is 0.101. The Bertz CT molecular complexity index is 1480. The van der Waals surface area contributed by atoms with Gasteiger partial charge in [-0.15, -0.1) is 0 Å². The molecular weight excluding hydrogens is 475 g/mol. The molecule has 0 radical (unpaired) electrons. The van der Waals surface area contributed by atoms with Gasteiger partial charge in [0.1, 0.15) is 11.5 Å². The van der Waals surface area contributed by atoms with Gasteiger partial charge in [0.2, 0.25) is 0 Å². The maximum Gasteiger partial charge on any atom is 0.418 e. The summed E-state index contributed by atoms with van der Waals surface area (Å²) in [6.45, 7) is 1.61. The number of para-hydroxylation sites is 1. The number of fused-ring (bicyclic) bond motifs is 1. The quantitative estimate of drug-likeness (QED) is 0.306. The van der Waals surface area contributed by atoms with Gasteiger partial charge in [-0.25, -0.2) is 8.42 Å². The van der Waals surface area contributed by atoms with Crippen molar-refractivity contribution in [3.63, 3.8) is 0 Å². The highest BCUT2D eigenvalue weighted by Gasteiger charge is 2.33. The van der Waals surface area contributed by atoms with Crippen LogP contribution in [0.15, 0.2) is 71.6 Å². The van der Waals surface area contributed by atoms with E-state index in [0.717, 1.165) is 12.3 Å². The lowest BCUT2D eigenvalue weighted by molar-refractivity contribution is -0.136. The number of pyridine rings is 1. The average Bonchev–Trinajstić information content (AvgIpc) is 2.73. The van der Waals surface area contributed by atoms with E-state index in [4.69, 9.17) is 16.3 Å². The molecular formula is C24H17ClF3NO3S. The van der Waals surface area contributed by atoms with E-state index in [1.165, 1.54) is 18.2 Å². The van der Waals surface area contributed by atoms with Gasteiger partial charge in [0.15, 0.2) is 9.84 Å². The predicted octanol–water partition coefficient (Wildman–Crippen LogP) is 7.08. The Morgan fingerprint density at radius 1 is 0.909 bits per heavy atom. The second kappa shape index (κ2) is 8.35. The third-order valence-corrected chi connectivity index (χ3v) is 6.41. The highest BCUT2D eigenvalue weighted by molar-refractivity contribution is 7.90. The summed E-state index contributed by atoms with van der Waals surface area (Å²) in [4.78, 5) is 4.23. The first-order chi connectivity index (χ1) is 15.4. The molecule has 4 aromatic rings. The van der Waals surface area contributed by atoms with Crippen LogP contribution in [0.5, 0.6) is 11.5 Å². The number of aromatic nitrogens is 1. The Hall–Kier alpha value is -3.10. The van der Waals surface area contributed by atoms with Gasteiger partial charge in [-0.3, -0.25) is 4.98 Å². The molecule has 3 aromatic carbocycles. The molecule has 33 heavy (non-hydrogen) atoms. The van der Waals surface area contributed by atoms with Crippen molar-refractivity contribution in [1.29, 1.82) is 0 Å². The third kappa shape index (κ3) is 4.82. The summed E-state index contributed by atoms with van der Waals surface area (Å²) < 4.78 is 70.1. The summed E-state index contributed by atoms with van der Waals surface area (Å²) in [5, 5.41) is 0.616. The predicted molar refractivity (Wildman–Crippen MR) is 122 cm³/mol. The summed E-state index contributed by atoms with van der Waals surface area (Å²) in [5.74, 6) is 0.635. The highest BCUT2D eigenvalue weighted by atomic mass is 35.5. The zero-order valence-corrected chi connectivity index (χ0v) is 19.0. The fraction of sp³-hybridized carbons (Fsp3) is 0.125. The van der Waals surface area contributed by atoms with Gasteiger partial charge in [-0.05, 0) is 61.0 Å². The van der Waals surface area contributed by atoms with E-state index in [0.29, 0.717) is 38.7 Å². The number of alkyl halides is 3. The van der Waals surface area contributed by atoms with Gasteiger partial charge in [-0.2, -0.15) is 13.2 Å². The molecule has 0 aliphatic rings. The van der Waals surface area contributed by atoms with Crippen LogP contribution >= 0.6 is 11.6 Å². The van der Waals surface area contributed by atoms with Gasteiger partial charge >= 0.3 is 6.18 Å². The lowest BCUT2D eigenvalue weighted by atomic mass is 9.97. The molecule has 0 aliphatic heterocycles. The fourth-order valence-corrected chi connectivity index (χ4v) is 4.38. The zero-order chi connectivity index (χ0) is 24.0. The molecule has 4 rings (SSSR count). The third-order valence-electron chi connectivity index (χ3n) is 4.97. The first-order valence-electron chi connectivity index (χ1n) is 9.69. The Balaban J connectivity index is 1.84. The van der Waals surface area contributed by atoms with Crippen molar-refractivity contribution in [1.82, 2.24) is 4.98 Å². The number of hydrogen-bond donors (Lipinski definition) is 0. The molecule has 170 valence electrons. The van der Waals surface area contributed by atoms with Crippen LogP contribution in [0.3, 0.4) is 0 Å². The Labute approximate surface area is 193 Å². The SMILES string of the molecule is Cc1cc(-c2cc(Oc3cccc(S(C)(=O)=O)c3)ccc2Cl)c2cccc(C(F)(F)F)c2n1. The van der Waals surface area contributed by atoms with Crippen LogP contribution in [0.25, 0.3) is 22.0 Å². The molecule has 1 heterocycles. The molecule has 9 heteroatoms. The Morgan fingerprint density at radius 2 is 1.61 bits per heavy atom. The van der Waals surface area contributed by atoms with Crippen LogP contribution in [-0.4, -0.2) is 19.7 Å². The second-order valence-electron chi connectivity index (χ2n) is 7.50. The van der Waals surface area contributed by atoms with E-state index >= 15 is 0 Å². The molecule has 4 nitrogen and oxygen atoms in total. The summed E-state index contributed by atoms with van der Waals surface area (Å²) in [6.07, 6.45) is -3.46. The van der Waals surface area contributed by atoms with Crippen molar-refractivity contribution in [2.45, 2.75) is 18.0 Å². The monoisotopic (exact) mass is 491 g/mol. The van der Waals surface area contributed by atoms with E-state index < -0.39 is 21.6 Å². The van der Waals surface area contributed by atoms with Crippen molar-refractivity contribution in [2.75, 3.05) is 6.26 Å². The summed E-state index contributed by atoms with van der Waals surface area (Å²) in [7, 11) is -3.42. The van der Waals surface area contributed by atoms with Gasteiger partial charge in [0.05, 0.1) is 16.0 Å². The van der Waals surface area contributed by atoms with Crippen molar-refractivity contribution in [3.8, 4) is 22.6 Å².